The van der Waals surface area contributed by atoms with Crippen LogP contribution in [0.15, 0.2) is 77.9 Å². The third kappa shape index (κ3) is 8.68. The number of nitrogens with zero attached hydrogens (tertiary/aromatic N) is 4. The Morgan fingerprint density at radius 3 is 2.06 bits per heavy atom. The van der Waals surface area contributed by atoms with Crippen molar-refractivity contribution in [3.05, 3.63) is 84.3 Å². The molecule has 2 N–H and O–H groups in total. The average Bonchev–Trinajstić information content (AvgIpc) is 4.21. The number of H-pyrrole nitrogens is 1. The minimum absolute atomic E-state index is 0.0271. The van der Waals surface area contributed by atoms with Gasteiger partial charge in [0, 0.05) is 57.2 Å². The van der Waals surface area contributed by atoms with Gasteiger partial charge in [0.1, 0.15) is 11.9 Å². The Labute approximate surface area is 384 Å². The maximum atomic E-state index is 14.2. The van der Waals surface area contributed by atoms with Crippen LogP contribution in [0.1, 0.15) is 75.2 Å². The maximum absolute atomic E-state index is 14.2. The van der Waals surface area contributed by atoms with Crippen molar-refractivity contribution < 1.29 is 38.1 Å². The molecule has 0 bridgehead atoms. The normalized spacial score (nSPS) is 21.2. The molecule has 5 aromatic rings. The number of aromatic amines is 1. The van der Waals surface area contributed by atoms with Gasteiger partial charge in [-0.05, 0) is 126 Å². The molecule has 4 atom stereocenters. The highest BCUT2D eigenvalue weighted by molar-refractivity contribution is 6.06. The molecular weight excluding hydrogens is 837 g/mol. The van der Waals surface area contributed by atoms with Crippen LogP contribution in [0.5, 0.6) is 0 Å². The molecule has 0 saturated carbocycles. The second-order valence-corrected chi connectivity index (χ2v) is 18.5. The summed E-state index contributed by atoms with van der Waals surface area (Å²) in [5, 5.41) is 7.36. The number of carbonyl (C=O) groups is 4. The molecule has 14 heteroatoms. The predicted molar refractivity (Wildman–Crippen MR) is 250 cm³/mol. The minimum Gasteiger partial charge on any atom is -0.469 e. The number of methoxy groups -OCH3 is 2. The third-order valence-corrected chi connectivity index (χ3v) is 14.8. The Morgan fingerprint density at radius 2 is 1.35 bits per heavy atom. The van der Waals surface area contributed by atoms with E-state index >= 15 is 0 Å². The fourth-order valence-corrected chi connectivity index (χ4v) is 11.2. The molecule has 66 heavy (non-hydrogen) atoms. The van der Waals surface area contributed by atoms with Crippen LogP contribution in [0, 0.1) is 17.8 Å². The molecule has 5 aliphatic heterocycles. The van der Waals surface area contributed by atoms with Crippen LogP contribution in [0.4, 0.5) is 10.5 Å². The molecule has 0 spiro atoms. The van der Waals surface area contributed by atoms with E-state index in [4.69, 9.17) is 28.9 Å². The van der Waals surface area contributed by atoms with Crippen LogP contribution in [-0.4, -0.2) is 115 Å². The van der Waals surface area contributed by atoms with E-state index < -0.39 is 18.1 Å². The number of nitrogens with one attached hydrogen (secondary N) is 2. The molecule has 4 saturated heterocycles. The van der Waals surface area contributed by atoms with Crippen molar-refractivity contribution in [2.75, 3.05) is 53.7 Å². The van der Waals surface area contributed by atoms with E-state index in [2.05, 4.69) is 77.0 Å². The number of aliphatic imine (C=N–C) groups is 1. The number of alkyl carbamates (subject to hydrolysis) is 1. The lowest BCUT2D eigenvalue weighted by atomic mass is 9.82. The summed E-state index contributed by atoms with van der Waals surface area (Å²) in [5.74, 6) is -0.0200. The van der Waals surface area contributed by atoms with Gasteiger partial charge < -0.3 is 39.0 Å². The van der Waals surface area contributed by atoms with Crippen LogP contribution in [0.2, 0.25) is 0 Å². The number of imidazole rings is 1. The van der Waals surface area contributed by atoms with Crippen LogP contribution >= 0.6 is 0 Å². The summed E-state index contributed by atoms with van der Waals surface area (Å²) < 4.78 is 21.1. The van der Waals surface area contributed by atoms with Gasteiger partial charge in [-0.2, -0.15) is 0 Å². The molecule has 10 rings (SSSR count). The topological polar surface area (TPSA) is 165 Å². The number of rotatable bonds is 11. The molecule has 14 nitrogen and oxygen atoms in total. The minimum atomic E-state index is -0.684. The van der Waals surface area contributed by atoms with Gasteiger partial charge in [-0.3, -0.25) is 19.4 Å². The molecule has 0 radical (unpaired) electrons. The van der Waals surface area contributed by atoms with Gasteiger partial charge in [-0.15, -0.1) is 0 Å². The van der Waals surface area contributed by atoms with Crippen molar-refractivity contribution in [1.82, 2.24) is 25.1 Å². The van der Waals surface area contributed by atoms with Crippen LogP contribution in [-0.2, 0) is 39.8 Å². The molecular formula is C52H58N6O8. The first-order valence-corrected chi connectivity index (χ1v) is 23.7. The molecule has 5 aliphatic rings. The van der Waals surface area contributed by atoms with Gasteiger partial charge in [-0.25, -0.2) is 9.78 Å². The smallest absolute Gasteiger partial charge is 0.407 e. The van der Waals surface area contributed by atoms with E-state index in [1.807, 2.05) is 16.0 Å². The first kappa shape index (κ1) is 43.8. The molecule has 6 heterocycles. The zero-order valence-corrected chi connectivity index (χ0v) is 37.8. The van der Waals surface area contributed by atoms with Gasteiger partial charge in [0.2, 0.25) is 11.8 Å². The molecule has 4 aromatic carbocycles. The van der Waals surface area contributed by atoms with Gasteiger partial charge in [0.25, 0.3) is 0 Å². The van der Waals surface area contributed by atoms with E-state index in [0.717, 1.165) is 94.3 Å². The number of hydrogen-bond acceptors (Lipinski definition) is 10. The fourth-order valence-electron chi connectivity index (χ4n) is 11.2. The van der Waals surface area contributed by atoms with E-state index in [1.165, 1.54) is 25.2 Å². The Balaban J connectivity index is 0.828. The SMILES string of the molecule is COC(=O)C[C@H](C(=O)N1CCC[C@H]1C1=Nc2ccc3cc(-c4ccc5cc(-c6cnc([C@@H]7CCCN7C(=O)[C@@H](NC(=O)OC)C7CCOCC7)[nH]6)ccc5c4)ccc3c2C1)C1CCOCC1. The summed E-state index contributed by atoms with van der Waals surface area (Å²) in [4.78, 5) is 70.4. The van der Waals surface area contributed by atoms with Crippen LogP contribution in [0.25, 0.3) is 43.9 Å². The Kier molecular flexibility index (Phi) is 12.6. The third-order valence-electron chi connectivity index (χ3n) is 14.8. The maximum Gasteiger partial charge on any atom is 0.407 e. The van der Waals surface area contributed by atoms with Crippen molar-refractivity contribution in [3.8, 4) is 22.4 Å². The van der Waals surface area contributed by atoms with Crippen molar-refractivity contribution in [3.63, 3.8) is 0 Å². The molecule has 3 amide bonds. The van der Waals surface area contributed by atoms with E-state index in [-0.39, 0.29) is 48.1 Å². The van der Waals surface area contributed by atoms with Crippen molar-refractivity contribution in [1.29, 1.82) is 0 Å². The van der Waals surface area contributed by atoms with Crippen LogP contribution in [0.3, 0.4) is 0 Å². The lowest BCUT2D eigenvalue weighted by molar-refractivity contribution is -0.149. The van der Waals surface area contributed by atoms with E-state index in [1.54, 1.807) is 0 Å². The lowest BCUT2D eigenvalue weighted by Crippen LogP contribution is -2.53. The second-order valence-electron chi connectivity index (χ2n) is 18.5. The summed E-state index contributed by atoms with van der Waals surface area (Å²) in [6.45, 7) is 3.60. The quantitative estimate of drug-likeness (QED) is 0.125. The van der Waals surface area contributed by atoms with Crippen molar-refractivity contribution >= 4 is 56.8 Å². The molecule has 344 valence electrons. The molecule has 0 unspecified atom stereocenters. The van der Waals surface area contributed by atoms with Gasteiger partial charge in [-0.1, -0.05) is 42.5 Å². The molecule has 1 aromatic heterocycles. The Bertz CT molecular complexity index is 2680. The second kappa shape index (κ2) is 19.0. The summed E-state index contributed by atoms with van der Waals surface area (Å²) in [6, 6.07) is 22.9. The molecule has 4 fully saturated rings. The number of aromatic nitrogens is 2. The molecule has 0 aliphatic carbocycles. The number of esters is 1. The fraction of sp³-hybridized carbons (Fsp3) is 0.462. The lowest BCUT2D eigenvalue weighted by Gasteiger charge is -2.34. The number of fused-ring (bicyclic) bond motifs is 4. The monoisotopic (exact) mass is 894 g/mol. The van der Waals surface area contributed by atoms with Gasteiger partial charge >= 0.3 is 12.1 Å². The van der Waals surface area contributed by atoms with Gasteiger partial charge in [0.15, 0.2) is 0 Å². The number of amides is 3. The van der Waals surface area contributed by atoms with Crippen molar-refractivity contribution in [2.24, 2.45) is 22.7 Å². The largest absolute Gasteiger partial charge is 0.469 e. The number of likely N-dealkylation sites (tertiary alicyclic amines) is 2. The number of ether oxygens (including phenoxy) is 4. The summed E-state index contributed by atoms with van der Waals surface area (Å²) in [5.41, 5.74) is 7.31. The Hall–Kier alpha value is -6.12. The average molecular weight is 895 g/mol. The standard InChI is InChI=1S/C52H58N6O8/c1-63-47(59)29-40(31-15-21-65-22-16-31)50(60)57-19-3-5-45(57)43-28-41-39-13-11-36(26-37(39)12-14-42(41)54-43)33-7-8-35-27-38(10-9-34(35)25-33)44-30-53-49(55-44)46-6-4-20-58(46)51(61)48(56-52(62)64-2)32-17-23-66-24-18-32/h7-14,25-27,30-32,40,45-46,48H,3-6,15-24,28-29H2,1-2H3,(H,53,55)(H,56,62)/t40-,45-,46-,48-/m0/s1. The summed E-state index contributed by atoms with van der Waals surface area (Å²) in [7, 11) is 2.70. The summed E-state index contributed by atoms with van der Waals surface area (Å²) >= 11 is 0. The van der Waals surface area contributed by atoms with Gasteiger partial charge in [0.05, 0.1) is 56.2 Å². The van der Waals surface area contributed by atoms with E-state index in [0.29, 0.717) is 58.8 Å². The summed E-state index contributed by atoms with van der Waals surface area (Å²) in [6.07, 6.45) is 8.35. The number of benzene rings is 4. The van der Waals surface area contributed by atoms with E-state index in [9.17, 15) is 19.2 Å². The first-order chi connectivity index (χ1) is 32.3. The highest BCUT2D eigenvalue weighted by Crippen LogP contribution is 2.40. The number of hydrogen-bond donors (Lipinski definition) is 2. The van der Waals surface area contributed by atoms with Crippen molar-refractivity contribution in [2.45, 2.75) is 82.3 Å². The van der Waals surface area contributed by atoms with Crippen LogP contribution < -0.4 is 5.32 Å². The highest BCUT2D eigenvalue weighted by Gasteiger charge is 2.42. The Morgan fingerprint density at radius 1 is 0.727 bits per heavy atom. The predicted octanol–water partition coefficient (Wildman–Crippen LogP) is 8.09. The number of carbonyl (C=O) groups excluding carboxylic acids is 4. The first-order valence-electron chi connectivity index (χ1n) is 23.7. The highest BCUT2D eigenvalue weighted by atomic mass is 16.5. The zero-order valence-electron chi connectivity index (χ0n) is 37.8. The zero-order chi connectivity index (χ0) is 45.3.